The second-order valence-electron chi connectivity index (χ2n) is 5.18. The molecule has 1 aromatic carbocycles. The Balaban J connectivity index is 2.19. The lowest BCUT2D eigenvalue weighted by Crippen LogP contribution is -2.29. The molecule has 16 heavy (non-hydrogen) atoms. The molecule has 0 aromatic heterocycles. The highest BCUT2D eigenvalue weighted by molar-refractivity contribution is 6.31. The van der Waals surface area contributed by atoms with Crippen LogP contribution in [0.4, 0.5) is 0 Å². The fourth-order valence-corrected chi connectivity index (χ4v) is 3.08. The number of hydrogen-bond donors (Lipinski definition) is 1. The van der Waals surface area contributed by atoms with Gasteiger partial charge in [-0.05, 0) is 55.3 Å². The molecule has 0 amide bonds. The first kappa shape index (κ1) is 11.9. The minimum Gasteiger partial charge on any atom is -0.330 e. The molecule has 1 nitrogen and oxygen atoms in total. The van der Waals surface area contributed by atoms with E-state index in [-0.39, 0.29) is 0 Å². The van der Waals surface area contributed by atoms with E-state index in [1.165, 1.54) is 36.8 Å². The van der Waals surface area contributed by atoms with E-state index in [2.05, 4.69) is 25.1 Å². The van der Waals surface area contributed by atoms with Gasteiger partial charge in [0, 0.05) is 5.02 Å². The lowest BCUT2D eigenvalue weighted by molar-refractivity contribution is 0.306. The van der Waals surface area contributed by atoms with Gasteiger partial charge in [0.1, 0.15) is 0 Å². The van der Waals surface area contributed by atoms with Gasteiger partial charge in [-0.2, -0.15) is 0 Å². The quantitative estimate of drug-likeness (QED) is 0.852. The van der Waals surface area contributed by atoms with Crippen molar-refractivity contribution in [1.82, 2.24) is 0 Å². The average Bonchev–Trinajstić information content (AvgIpc) is 2.72. The van der Waals surface area contributed by atoms with Crippen LogP contribution >= 0.6 is 11.6 Å². The Hall–Kier alpha value is -0.530. The summed E-state index contributed by atoms with van der Waals surface area (Å²) in [5.41, 5.74) is 8.76. The van der Waals surface area contributed by atoms with Crippen LogP contribution in [0.25, 0.3) is 0 Å². The van der Waals surface area contributed by atoms with Crippen molar-refractivity contribution < 1.29 is 0 Å². The molecule has 2 heteroatoms. The summed E-state index contributed by atoms with van der Waals surface area (Å²) >= 11 is 6.29. The van der Waals surface area contributed by atoms with Crippen molar-refractivity contribution in [3.63, 3.8) is 0 Å². The smallest absolute Gasteiger partial charge is 0.0440 e. The topological polar surface area (TPSA) is 26.0 Å². The summed E-state index contributed by atoms with van der Waals surface area (Å²) in [6.45, 7) is 2.86. The summed E-state index contributed by atoms with van der Waals surface area (Å²) in [6, 6.07) is 6.35. The van der Waals surface area contributed by atoms with Crippen LogP contribution in [0.2, 0.25) is 5.02 Å². The second-order valence-corrected chi connectivity index (χ2v) is 5.59. The standard InChI is InChI=1S/C14H20ClN/c1-11-4-5-12(13(15)8-11)9-14(10-16)6-2-3-7-14/h4-5,8H,2-3,6-7,9-10,16H2,1H3. The van der Waals surface area contributed by atoms with Crippen molar-refractivity contribution in [2.24, 2.45) is 11.1 Å². The van der Waals surface area contributed by atoms with Crippen LogP contribution in [0.5, 0.6) is 0 Å². The first-order chi connectivity index (χ1) is 7.65. The van der Waals surface area contributed by atoms with E-state index in [4.69, 9.17) is 17.3 Å². The molecule has 0 aliphatic heterocycles. The molecule has 0 heterocycles. The molecule has 0 radical (unpaired) electrons. The third-order valence-corrected chi connectivity index (χ3v) is 4.22. The normalized spacial score (nSPS) is 18.9. The number of rotatable bonds is 3. The summed E-state index contributed by atoms with van der Waals surface area (Å²) in [5, 5.41) is 0.903. The minimum absolute atomic E-state index is 0.318. The number of halogens is 1. The molecule has 88 valence electrons. The van der Waals surface area contributed by atoms with Crippen LogP contribution in [-0.4, -0.2) is 6.54 Å². The number of hydrogen-bond acceptors (Lipinski definition) is 1. The summed E-state index contributed by atoms with van der Waals surface area (Å²) in [5.74, 6) is 0. The van der Waals surface area contributed by atoms with Crippen molar-refractivity contribution >= 4 is 11.6 Å². The summed E-state index contributed by atoms with van der Waals surface area (Å²) in [7, 11) is 0. The first-order valence-electron chi connectivity index (χ1n) is 6.10. The number of aryl methyl sites for hydroxylation is 1. The van der Waals surface area contributed by atoms with Crippen LogP contribution in [0.3, 0.4) is 0 Å². The number of nitrogens with two attached hydrogens (primary N) is 1. The Labute approximate surface area is 103 Å². The SMILES string of the molecule is Cc1ccc(CC2(CN)CCCC2)c(Cl)c1. The molecule has 2 rings (SSSR count). The van der Waals surface area contributed by atoms with Gasteiger partial charge in [-0.15, -0.1) is 0 Å². The van der Waals surface area contributed by atoms with E-state index in [9.17, 15) is 0 Å². The van der Waals surface area contributed by atoms with Gasteiger partial charge in [0.25, 0.3) is 0 Å². The van der Waals surface area contributed by atoms with Gasteiger partial charge in [0.05, 0.1) is 0 Å². The summed E-state index contributed by atoms with van der Waals surface area (Å²) in [6.07, 6.45) is 6.20. The largest absolute Gasteiger partial charge is 0.330 e. The van der Waals surface area contributed by atoms with E-state index in [1.54, 1.807) is 0 Å². The fourth-order valence-electron chi connectivity index (χ4n) is 2.78. The average molecular weight is 238 g/mol. The van der Waals surface area contributed by atoms with Crippen molar-refractivity contribution in [2.75, 3.05) is 6.54 Å². The highest BCUT2D eigenvalue weighted by atomic mass is 35.5. The maximum Gasteiger partial charge on any atom is 0.0440 e. The Kier molecular flexibility index (Phi) is 3.56. The first-order valence-corrected chi connectivity index (χ1v) is 6.48. The predicted octanol–water partition coefficient (Wildman–Crippen LogP) is 3.71. The van der Waals surface area contributed by atoms with E-state index >= 15 is 0 Å². The van der Waals surface area contributed by atoms with Crippen LogP contribution in [-0.2, 0) is 6.42 Å². The molecule has 1 aromatic rings. The van der Waals surface area contributed by atoms with Crippen molar-refractivity contribution in [3.05, 3.63) is 34.3 Å². The maximum absolute atomic E-state index is 6.29. The maximum atomic E-state index is 6.29. The van der Waals surface area contributed by atoms with Crippen molar-refractivity contribution in [3.8, 4) is 0 Å². The van der Waals surface area contributed by atoms with Crippen molar-refractivity contribution in [2.45, 2.75) is 39.0 Å². The monoisotopic (exact) mass is 237 g/mol. The van der Waals surface area contributed by atoms with Crippen LogP contribution in [0, 0.1) is 12.3 Å². The van der Waals surface area contributed by atoms with Gasteiger partial charge in [-0.25, -0.2) is 0 Å². The van der Waals surface area contributed by atoms with Crippen molar-refractivity contribution in [1.29, 1.82) is 0 Å². The molecule has 2 N–H and O–H groups in total. The van der Waals surface area contributed by atoms with Gasteiger partial charge >= 0.3 is 0 Å². The van der Waals surface area contributed by atoms with Crippen LogP contribution < -0.4 is 5.73 Å². The molecule has 1 aliphatic rings. The predicted molar refractivity (Wildman–Crippen MR) is 69.8 cm³/mol. The van der Waals surface area contributed by atoms with E-state index < -0.39 is 0 Å². The van der Waals surface area contributed by atoms with Crippen LogP contribution in [0.15, 0.2) is 18.2 Å². The van der Waals surface area contributed by atoms with E-state index in [1.807, 2.05) is 0 Å². The minimum atomic E-state index is 0.318. The lowest BCUT2D eigenvalue weighted by atomic mass is 9.80. The molecule has 0 bridgehead atoms. The molecule has 0 saturated heterocycles. The Morgan fingerprint density at radius 2 is 2.00 bits per heavy atom. The highest BCUT2D eigenvalue weighted by Crippen LogP contribution is 2.41. The number of benzene rings is 1. The molecular formula is C14H20ClN. The molecule has 0 atom stereocenters. The van der Waals surface area contributed by atoms with Crippen LogP contribution in [0.1, 0.15) is 36.8 Å². The highest BCUT2D eigenvalue weighted by Gasteiger charge is 2.32. The Morgan fingerprint density at radius 3 is 2.56 bits per heavy atom. The summed E-state index contributed by atoms with van der Waals surface area (Å²) < 4.78 is 0. The summed E-state index contributed by atoms with van der Waals surface area (Å²) in [4.78, 5) is 0. The molecule has 0 unspecified atom stereocenters. The zero-order chi connectivity index (χ0) is 11.6. The third kappa shape index (κ3) is 2.41. The zero-order valence-electron chi connectivity index (χ0n) is 9.93. The second kappa shape index (κ2) is 4.77. The Bertz CT molecular complexity index is 367. The molecule has 1 saturated carbocycles. The fraction of sp³-hybridized carbons (Fsp3) is 0.571. The van der Waals surface area contributed by atoms with E-state index in [0.717, 1.165) is 18.0 Å². The van der Waals surface area contributed by atoms with Gasteiger partial charge in [0.2, 0.25) is 0 Å². The van der Waals surface area contributed by atoms with Gasteiger partial charge in [-0.3, -0.25) is 0 Å². The zero-order valence-corrected chi connectivity index (χ0v) is 10.7. The third-order valence-electron chi connectivity index (χ3n) is 3.87. The van der Waals surface area contributed by atoms with Gasteiger partial charge < -0.3 is 5.73 Å². The molecule has 1 fully saturated rings. The van der Waals surface area contributed by atoms with E-state index in [0.29, 0.717) is 5.41 Å². The lowest BCUT2D eigenvalue weighted by Gasteiger charge is -2.27. The Morgan fingerprint density at radius 1 is 1.31 bits per heavy atom. The van der Waals surface area contributed by atoms with Gasteiger partial charge in [-0.1, -0.05) is 36.6 Å². The molecule has 0 spiro atoms. The molecular weight excluding hydrogens is 218 g/mol. The molecule has 1 aliphatic carbocycles. The van der Waals surface area contributed by atoms with Gasteiger partial charge in [0.15, 0.2) is 0 Å².